The van der Waals surface area contributed by atoms with Crippen molar-refractivity contribution in [2.24, 2.45) is 5.92 Å². The topological polar surface area (TPSA) is 53.4 Å². The standard InChI is InChI=1S/C24H35N5O/c1-27(17-20-7-3-2-4-8-20)18-21-12-15-28(16-13-21)19-24(30)26-23-11-14-25-29(23)22-9-5-6-10-22/h2-4,7-8,11,14,21-22H,5-6,9-10,12-13,15-19H2,1H3,(H,26,30). The maximum Gasteiger partial charge on any atom is 0.239 e. The average molecular weight is 410 g/mol. The Morgan fingerprint density at radius 2 is 1.83 bits per heavy atom. The SMILES string of the molecule is CN(Cc1ccccc1)CC1CCN(CC(=O)Nc2ccnn2C2CCCC2)CC1. The first-order valence-corrected chi connectivity index (χ1v) is 11.5. The Labute approximate surface area is 180 Å². The maximum atomic E-state index is 12.6. The van der Waals surface area contributed by atoms with Crippen molar-refractivity contribution >= 4 is 11.7 Å². The summed E-state index contributed by atoms with van der Waals surface area (Å²) in [6.07, 6.45) is 8.96. The number of piperidine rings is 1. The number of hydrogen-bond donors (Lipinski definition) is 1. The van der Waals surface area contributed by atoms with Crippen LogP contribution in [0.1, 0.15) is 50.1 Å². The number of carbonyl (C=O) groups excluding carboxylic acids is 1. The number of aromatic nitrogens is 2. The number of nitrogens with zero attached hydrogens (tertiary/aromatic N) is 4. The van der Waals surface area contributed by atoms with Crippen LogP contribution in [0.15, 0.2) is 42.6 Å². The van der Waals surface area contributed by atoms with Gasteiger partial charge in [-0.1, -0.05) is 43.2 Å². The fraction of sp³-hybridized carbons (Fsp3) is 0.583. The molecule has 2 fully saturated rings. The lowest BCUT2D eigenvalue weighted by molar-refractivity contribution is -0.117. The van der Waals surface area contributed by atoms with E-state index in [1.807, 2.05) is 10.7 Å². The molecule has 1 aromatic carbocycles. The summed E-state index contributed by atoms with van der Waals surface area (Å²) >= 11 is 0. The summed E-state index contributed by atoms with van der Waals surface area (Å²) < 4.78 is 2.01. The van der Waals surface area contributed by atoms with Crippen LogP contribution in [0, 0.1) is 5.92 Å². The van der Waals surface area contributed by atoms with Gasteiger partial charge in [0.1, 0.15) is 5.82 Å². The predicted molar refractivity (Wildman–Crippen MR) is 120 cm³/mol. The van der Waals surface area contributed by atoms with Gasteiger partial charge < -0.3 is 10.2 Å². The van der Waals surface area contributed by atoms with E-state index in [0.717, 1.165) is 57.7 Å². The molecule has 0 bridgehead atoms. The fourth-order valence-corrected chi connectivity index (χ4v) is 4.97. The Kier molecular flexibility index (Phi) is 7.18. The molecule has 1 saturated carbocycles. The molecule has 162 valence electrons. The quantitative estimate of drug-likeness (QED) is 0.721. The Balaban J connectivity index is 1.18. The first-order valence-electron chi connectivity index (χ1n) is 11.5. The first-order chi connectivity index (χ1) is 14.7. The van der Waals surface area contributed by atoms with Crippen molar-refractivity contribution in [1.29, 1.82) is 0 Å². The molecule has 2 aliphatic rings. The first kappa shape index (κ1) is 21.1. The molecule has 1 aliphatic carbocycles. The second kappa shape index (κ2) is 10.2. The molecular formula is C24H35N5O. The van der Waals surface area contributed by atoms with Crippen LogP contribution in [0.25, 0.3) is 0 Å². The lowest BCUT2D eigenvalue weighted by atomic mass is 9.96. The molecule has 6 nitrogen and oxygen atoms in total. The van der Waals surface area contributed by atoms with E-state index in [2.05, 4.69) is 57.6 Å². The van der Waals surface area contributed by atoms with Crippen LogP contribution in [-0.2, 0) is 11.3 Å². The minimum Gasteiger partial charge on any atom is -0.310 e. The summed E-state index contributed by atoms with van der Waals surface area (Å²) in [6, 6.07) is 13.0. The Morgan fingerprint density at radius 1 is 1.10 bits per heavy atom. The Bertz CT molecular complexity index is 791. The van der Waals surface area contributed by atoms with Gasteiger partial charge in [-0.2, -0.15) is 5.10 Å². The Morgan fingerprint density at radius 3 is 2.57 bits per heavy atom. The zero-order chi connectivity index (χ0) is 20.8. The zero-order valence-corrected chi connectivity index (χ0v) is 18.2. The molecule has 1 amide bonds. The highest BCUT2D eigenvalue weighted by molar-refractivity contribution is 5.91. The summed E-state index contributed by atoms with van der Waals surface area (Å²) in [6.45, 7) is 4.59. The molecule has 0 radical (unpaired) electrons. The zero-order valence-electron chi connectivity index (χ0n) is 18.2. The van der Waals surface area contributed by atoms with Crippen LogP contribution in [0.2, 0.25) is 0 Å². The molecule has 1 aromatic heterocycles. The number of nitrogens with one attached hydrogen (secondary N) is 1. The van der Waals surface area contributed by atoms with Gasteiger partial charge in [0.15, 0.2) is 0 Å². The molecule has 30 heavy (non-hydrogen) atoms. The van der Waals surface area contributed by atoms with Crippen molar-refractivity contribution in [3.05, 3.63) is 48.2 Å². The summed E-state index contributed by atoms with van der Waals surface area (Å²) in [4.78, 5) is 17.3. The molecule has 4 rings (SSSR count). The lowest BCUT2D eigenvalue weighted by Crippen LogP contribution is -2.41. The summed E-state index contributed by atoms with van der Waals surface area (Å²) in [5.41, 5.74) is 1.37. The third kappa shape index (κ3) is 5.70. The molecule has 0 atom stereocenters. The van der Waals surface area contributed by atoms with Crippen molar-refractivity contribution < 1.29 is 4.79 Å². The molecule has 2 heterocycles. The van der Waals surface area contributed by atoms with E-state index in [1.165, 1.54) is 18.4 Å². The largest absolute Gasteiger partial charge is 0.310 e. The molecule has 0 unspecified atom stereocenters. The van der Waals surface area contributed by atoms with Crippen LogP contribution >= 0.6 is 0 Å². The number of rotatable bonds is 8. The van der Waals surface area contributed by atoms with E-state index in [9.17, 15) is 4.79 Å². The second-order valence-corrected chi connectivity index (χ2v) is 9.05. The highest BCUT2D eigenvalue weighted by Gasteiger charge is 2.24. The van der Waals surface area contributed by atoms with Crippen molar-refractivity contribution in [3.63, 3.8) is 0 Å². The van der Waals surface area contributed by atoms with E-state index in [1.54, 1.807) is 6.20 Å². The lowest BCUT2D eigenvalue weighted by Gasteiger charge is -2.33. The second-order valence-electron chi connectivity index (χ2n) is 9.05. The van der Waals surface area contributed by atoms with Crippen LogP contribution in [-0.4, -0.2) is 58.7 Å². The van der Waals surface area contributed by atoms with Crippen LogP contribution < -0.4 is 5.32 Å². The van der Waals surface area contributed by atoms with E-state index in [-0.39, 0.29) is 5.91 Å². The molecule has 0 spiro atoms. The van der Waals surface area contributed by atoms with Crippen LogP contribution in [0.3, 0.4) is 0 Å². The van der Waals surface area contributed by atoms with Crippen LogP contribution in [0.5, 0.6) is 0 Å². The number of benzene rings is 1. The minimum absolute atomic E-state index is 0.0781. The number of anilines is 1. The Hall–Kier alpha value is -2.18. The number of likely N-dealkylation sites (tertiary alicyclic amines) is 1. The molecular weight excluding hydrogens is 374 g/mol. The predicted octanol–water partition coefficient (Wildman–Crippen LogP) is 3.78. The summed E-state index contributed by atoms with van der Waals surface area (Å²) in [5.74, 6) is 1.64. The highest BCUT2D eigenvalue weighted by Crippen LogP contribution is 2.31. The maximum absolute atomic E-state index is 12.6. The molecule has 1 saturated heterocycles. The third-order valence-electron chi connectivity index (χ3n) is 6.55. The highest BCUT2D eigenvalue weighted by atomic mass is 16.2. The van der Waals surface area contributed by atoms with Gasteiger partial charge in [-0.15, -0.1) is 0 Å². The number of carbonyl (C=O) groups is 1. The van der Waals surface area contributed by atoms with E-state index in [4.69, 9.17) is 0 Å². The normalized spacial score (nSPS) is 18.9. The van der Waals surface area contributed by atoms with Gasteiger partial charge in [-0.25, -0.2) is 4.68 Å². The van der Waals surface area contributed by atoms with Gasteiger partial charge in [0.25, 0.3) is 0 Å². The summed E-state index contributed by atoms with van der Waals surface area (Å²) in [7, 11) is 2.21. The number of amides is 1. The van der Waals surface area contributed by atoms with Crippen molar-refractivity contribution in [2.45, 2.75) is 51.1 Å². The minimum atomic E-state index is 0.0781. The monoisotopic (exact) mass is 409 g/mol. The molecule has 2 aromatic rings. The van der Waals surface area contributed by atoms with Gasteiger partial charge in [-0.3, -0.25) is 9.69 Å². The van der Waals surface area contributed by atoms with Crippen LogP contribution in [0.4, 0.5) is 5.82 Å². The van der Waals surface area contributed by atoms with Gasteiger partial charge in [-0.05, 0) is 57.3 Å². The van der Waals surface area contributed by atoms with Gasteiger partial charge in [0, 0.05) is 19.2 Å². The smallest absolute Gasteiger partial charge is 0.239 e. The van der Waals surface area contributed by atoms with Gasteiger partial charge >= 0.3 is 0 Å². The van der Waals surface area contributed by atoms with E-state index in [0.29, 0.717) is 18.5 Å². The van der Waals surface area contributed by atoms with Gasteiger partial charge in [0.2, 0.25) is 5.91 Å². The van der Waals surface area contributed by atoms with E-state index >= 15 is 0 Å². The molecule has 6 heteroatoms. The average Bonchev–Trinajstić information content (AvgIpc) is 3.42. The van der Waals surface area contributed by atoms with Crippen molar-refractivity contribution in [3.8, 4) is 0 Å². The molecule has 1 aliphatic heterocycles. The fourth-order valence-electron chi connectivity index (χ4n) is 4.97. The number of hydrogen-bond acceptors (Lipinski definition) is 4. The molecule has 1 N–H and O–H groups in total. The summed E-state index contributed by atoms with van der Waals surface area (Å²) in [5, 5.41) is 7.55. The van der Waals surface area contributed by atoms with Gasteiger partial charge in [0.05, 0.1) is 18.8 Å². The van der Waals surface area contributed by atoms with Crippen molar-refractivity contribution in [2.75, 3.05) is 38.5 Å². The third-order valence-corrected chi connectivity index (χ3v) is 6.55. The van der Waals surface area contributed by atoms with Crippen molar-refractivity contribution in [1.82, 2.24) is 19.6 Å². The van der Waals surface area contributed by atoms with E-state index < -0.39 is 0 Å².